The van der Waals surface area contributed by atoms with Gasteiger partial charge in [0.15, 0.2) is 0 Å². The Bertz CT molecular complexity index is 1210. The van der Waals surface area contributed by atoms with Crippen LogP contribution < -0.4 is 4.72 Å². The van der Waals surface area contributed by atoms with Crippen molar-refractivity contribution in [1.29, 1.82) is 0 Å². The van der Waals surface area contributed by atoms with E-state index in [0.29, 0.717) is 22.0 Å². The highest BCUT2D eigenvalue weighted by molar-refractivity contribution is 7.88. The third-order valence-electron chi connectivity index (χ3n) is 4.41. The topological polar surface area (TPSA) is 85.1 Å². The standard InChI is InChI=1S/C22H18ClN3O3S/c23-19-13-11-17(12-14-19)20(26-30(27,28)15-16-7-3-1-4-8-16)22-25-24-21(29-22)18-9-5-2-6-10-18/h1-14,20,26H,15H2. The molecule has 0 amide bonds. The third kappa shape index (κ3) is 4.94. The molecule has 8 heteroatoms. The van der Waals surface area contributed by atoms with Crippen molar-refractivity contribution in [3.8, 4) is 11.5 Å². The van der Waals surface area contributed by atoms with Gasteiger partial charge in [-0.15, -0.1) is 10.2 Å². The fourth-order valence-electron chi connectivity index (χ4n) is 2.98. The van der Waals surface area contributed by atoms with E-state index >= 15 is 0 Å². The van der Waals surface area contributed by atoms with Crippen molar-refractivity contribution in [3.63, 3.8) is 0 Å². The molecule has 1 N–H and O–H groups in total. The van der Waals surface area contributed by atoms with Gasteiger partial charge in [-0.25, -0.2) is 8.42 Å². The van der Waals surface area contributed by atoms with E-state index in [1.807, 2.05) is 36.4 Å². The summed E-state index contributed by atoms with van der Waals surface area (Å²) < 4.78 is 34.3. The zero-order valence-corrected chi connectivity index (χ0v) is 17.3. The monoisotopic (exact) mass is 439 g/mol. The van der Waals surface area contributed by atoms with E-state index in [1.165, 1.54) is 0 Å². The zero-order valence-electron chi connectivity index (χ0n) is 15.8. The minimum Gasteiger partial charge on any atom is -0.419 e. The summed E-state index contributed by atoms with van der Waals surface area (Å²) in [6, 6.07) is 24.2. The molecule has 0 bridgehead atoms. The van der Waals surface area contributed by atoms with E-state index in [4.69, 9.17) is 16.0 Å². The van der Waals surface area contributed by atoms with Crippen LogP contribution >= 0.6 is 11.6 Å². The first kappa shape index (κ1) is 20.3. The summed E-state index contributed by atoms with van der Waals surface area (Å²) in [7, 11) is -3.71. The van der Waals surface area contributed by atoms with Gasteiger partial charge in [-0.2, -0.15) is 4.72 Å². The average molecular weight is 440 g/mol. The molecular weight excluding hydrogens is 422 g/mol. The summed E-state index contributed by atoms with van der Waals surface area (Å²) in [6.07, 6.45) is 0. The highest BCUT2D eigenvalue weighted by atomic mass is 35.5. The molecule has 0 radical (unpaired) electrons. The quantitative estimate of drug-likeness (QED) is 0.455. The normalized spacial score (nSPS) is 12.6. The number of nitrogens with one attached hydrogen (secondary N) is 1. The van der Waals surface area contributed by atoms with E-state index < -0.39 is 16.1 Å². The molecule has 4 aromatic rings. The molecule has 3 aromatic carbocycles. The highest BCUT2D eigenvalue weighted by Crippen LogP contribution is 2.27. The number of aromatic nitrogens is 2. The number of nitrogens with zero attached hydrogens (tertiary/aromatic N) is 2. The Morgan fingerprint density at radius 3 is 2.17 bits per heavy atom. The molecular formula is C22H18ClN3O3S. The molecule has 0 saturated carbocycles. The van der Waals surface area contributed by atoms with Crippen LogP contribution in [0.2, 0.25) is 5.02 Å². The number of hydrogen-bond donors (Lipinski definition) is 1. The maximum Gasteiger partial charge on any atom is 0.247 e. The molecule has 0 aliphatic heterocycles. The summed E-state index contributed by atoms with van der Waals surface area (Å²) in [6.45, 7) is 0. The van der Waals surface area contributed by atoms with Crippen molar-refractivity contribution in [2.24, 2.45) is 0 Å². The van der Waals surface area contributed by atoms with Gasteiger partial charge in [0.25, 0.3) is 0 Å². The largest absolute Gasteiger partial charge is 0.419 e. The number of rotatable bonds is 7. The molecule has 0 spiro atoms. The summed E-state index contributed by atoms with van der Waals surface area (Å²) in [5, 5.41) is 8.73. The highest BCUT2D eigenvalue weighted by Gasteiger charge is 2.27. The second-order valence-corrected chi connectivity index (χ2v) is 8.85. The van der Waals surface area contributed by atoms with Crippen LogP contribution in [0.5, 0.6) is 0 Å². The number of benzene rings is 3. The summed E-state index contributed by atoms with van der Waals surface area (Å²) >= 11 is 6.00. The van der Waals surface area contributed by atoms with Crippen LogP contribution in [0, 0.1) is 0 Å². The van der Waals surface area contributed by atoms with Crippen molar-refractivity contribution in [2.75, 3.05) is 0 Å². The molecule has 0 aliphatic rings. The lowest BCUT2D eigenvalue weighted by Crippen LogP contribution is -2.30. The SMILES string of the molecule is O=S(=O)(Cc1ccccc1)NC(c1ccc(Cl)cc1)c1nnc(-c2ccccc2)o1. The predicted octanol–water partition coefficient (Wildman–Crippen LogP) is 4.60. The van der Waals surface area contributed by atoms with E-state index in [9.17, 15) is 8.42 Å². The van der Waals surface area contributed by atoms with E-state index in [0.717, 1.165) is 5.56 Å². The second kappa shape index (κ2) is 8.79. The van der Waals surface area contributed by atoms with Gasteiger partial charge in [-0.1, -0.05) is 72.3 Å². The van der Waals surface area contributed by atoms with Crippen molar-refractivity contribution < 1.29 is 12.8 Å². The minimum absolute atomic E-state index is 0.146. The number of hydrogen-bond acceptors (Lipinski definition) is 5. The first-order chi connectivity index (χ1) is 14.5. The van der Waals surface area contributed by atoms with Crippen LogP contribution in [0.15, 0.2) is 89.3 Å². The predicted molar refractivity (Wildman–Crippen MR) is 115 cm³/mol. The van der Waals surface area contributed by atoms with Gasteiger partial charge in [0.2, 0.25) is 21.8 Å². The minimum atomic E-state index is -3.71. The molecule has 6 nitrogen and oxygen atoms in total. The molecule has 1 heterocycles. The van der Waals surface area contributed by atoms with Crippen molar-refractivity contribution >= 4 is 21.6 Å². The molecule has 4 rings (SSSR count). The Morgan fingerprint density at radius 1 is 0.867 bits per heavy atom. The smallest absolute Gasteiger partial charge is 0.247 e. The lowest BCUT2D eigenvalue weighted by molar-refractivity contribution is 0.464. The van der Waals surface area contributed by atoms with E-state index in [2.05, 4.69) is 14.9 Å². The number of sulfonamides is 1. The fraction of sp³-hybridized carbons (Fsp3) is 0.0909. The Kier molecular flexibility index (Phi) is 5.94. The summed E-state index contributed by atoms with van der Waals surface area (Å²) in [5.74, 6) is 0.289. The first-order valence-corrected chi connectivity index (χ1v) is 11.2. The molecule has 1 aromatic heterocycles. The Balaban J connectivity index is 1.67. The van der Waals surface area contributed by atoms with Gasteiger partial charge in [0, 0.05) is 10.6 Å². The lowest BCUT2D eigenvalue weighted by atomic mass is 10.1. The molecule has 1 atom stereocenters. The van der Waals surface area contributed by atoms with Gasteiger partial charge in [0.1, 0.15) is 6.04 Å². The molecule has 0 fully saturated rings. The summed E-state index contributed by atoms with van der Waals surface area (Å²) in [5.41, 5.74) is 2.06. The molecule has 152 valence electrons. The Morgan fingerprint density at radius 2 is 1.50 bits per heavy atom. The summed E-state index contributed by atoms with van der Waals surface area (Å²) in [4.78, 5) is 0. The third-order valence-corrected chi connectivity index (χ3v) is 5.97. The van der Waals surface area contributed by atoms with Crippen LogP contribution in [0.1, 0.15) is 23.1 Å². The van der Waals surface area contributed by atoms with Crippen LogP contribution in [-0.2, 0) is 15.8 Å². The Hall–Kier alpha value is -3.00. The Labute approximate surface area is 179 Å². The molecule has 30 heavy (non-hydrogen) atoms. The fourth-order valence-corrected chi connectivity index (χ4v) is 4.42. The first-order valence-electron chi connectivity index (χ1n) is 9.18. The molecule has 1 unspecified atom stereocenters. The van der Waals surface area contributed by atoms with Gasteiger partial charge >= 0.3 is 0 Å². The second-order valence-electron chi connectivity index (χ2n) is 6.66. The van der Waals surface area contributed by atoms with E-state index in [-0.39, 0.29) is 11.6 Å². The zero-order chi connectivity index (χ0) is 21.0. The van der Waals surface area contributed by atoms with E-state index in [1.54, 1.807) is 48.5 Å². The van der Waals surface area contributed by atoms with Crippen molar-refractivity contribution in [3.05, 3.63) is 107 Å². The molecule has 0 aliphatic carbocycles. The van der Waals surface area contributed by atoms with Crippen molar-refractivity contribution in [1.82, 2.24) is 14.9 Å². The van der Waals surface area contributed by atoms with Gasteiger partial charge in [-0.3, -0.25) is 0 Å². The van der Waals surface area contributed by atoms with Crippen LogP contribution in [0.3, 0.4) is 0 Å². The van der Waals surface area contributed by atoms with Gasteiger partial charge in [0.05, 0.1) is 5.75 Å². The average Bonchev–Trinajstić information content (AvgIpc) is 3.24. The number of halogens is 1. The maximum absolute atomic E-state index is 12.9. The maximum atomic E-state index is 12.9. The van der Waals surface area contributed by atoms with Crippen LogP contribution in [0.4, 0.5) is 0 Å². The van der Waals surface area contributed by atoms with Crippen LogP contribution in [0.25, 0.3) is 11.5 Å². The van der Waals surface area contributed by atoms with Crippen molar-refractivity contribution in [2.45, 2.75) is 11.8 Å². The van der Waals surface area contributed by atoms with Crippen LogP contribution in [-0.4, -0.2) is 18.6 Å². The van der Waals surface area contributed by atoms with Gasteiger partial charge < -0.3 is 4.42 Å². The van der Waals surface area contributed by atoms with Gasteiger partial charge in [-0.05, 0) is 35.4 Å². The lowest BCUT2D eigenvalue weighted by Gasteiger charge is -2.16. The molecule has 0 saturated heterocycles.